The summed E-state index contributed by atoms with van der Waals surface area (Å²) in [5, 5.41) is 9.45. The third-order valence-corrected chi connectivity index (χ3v) is 3.44. The fourth-order valence-corrected chi connectivity index (χ4v) is 2.24. The minimum Gasteiger partial charge on any atom is -0.324 e. The van der Waals surface area contributed by atoms with Gasteiger partial charge in [-0.15, -0.1) is 0 Å². The van der Waals surface area contributed by atoms with E-state index in [1.807, 2.05) is 36.4 Å². The fraction of sp³-hybridized carbons (Fsp3) is 0. The summed E-state index contributed by atoms with van der Waals surface area (Å²) < 4.78 is 0. The van der Waals surface area contributed by atoms with Crippen molar-refractivity contribution < 1.29 is 0 Å². The minimum atomic E-state index is 0.393. The summed E-state index contributed by atoms with van der Waals surface area (Å²) in [5.41, 5.74) is 2.46. The van der Waals surface area contributed by atoms with Crippen LogP contribution in [0.15, 0.2) is 73.6 Å². The van der Waals surface area contributed by atoms with E-state index in [0.29, 0.717) is 17.8 Å². The van der Waals surface area contributed by atoms with Crippen molar-refractivity contribution >= 4 is 34.9 Å². The van der Waals surface area contributed by atoms with Crippen molar-refractivity contribution in [3.8, 4) is 0 Å². The molecule has 0 unspecified atom stereocenters. The quantitative estimate of drug-likeness (QED) is 0.478. The number of hydrogen-bond donors (Lipinski definition) is 3. The molecule has 0 aliphatic heterocycles. The van der Waals surface area contributed by atoms with E-state index < -0.39 is 0 Å². The minimum absolute atomic E-state index is 0.393. The van der Waals surface area contributed by atoms with Gasteiger partial charge in [-0.3, -0.25) is 15.0 Å². The van der Waals surface area contributed by atoms with Crippen molar-refractivity contribution in [2.24, 2.45) is 0 Å². The van der Waals surface area contributed by atoms with Crippen LogP contribution in [0.3, 0.4) is 0 Å². The van der Waals surface area contributed by atoms with E-state index in [0.717, 1.165) is 17.1 Å². The molecule has 132 valence electrons. The van der Waals surface area contributed by atoms with E-state index >= 15 is 0 Å². The van der Waals surface area contributed by atoms with E-state index in [4.69, 9.17) is 0 Å². The standard InChI is InChI=1S/C18H15N9/c1-7-19-8-2-13(1)22-16-25-17(23-14-3-9-20-10-4-14)27-18(26-16)24-15-5-11-21-12-6-15/h1-12H,(H3,19,20,21,22,23,24,25,26,27). The van der Waals surface area contributed by atoms with E-state index in [2.05, 4.69) is 45.9 Å². The summed E-state index contributed by atoms with van der Waals surface area (Å²) in [7, 11) is 0. The SMILES string of the molecule is c1cc(Nc2nc(Nc3ccncc3)nc(Nc3ccncc3)n2)ccn1. The third kappa shape index (κ3) is 4.48. The Bertz CT molecular complexity index is 851. The molecule has 0 fully saturated rings. The van der Waals surface area contributed by atoms with Crippen LogP contribution < -0.4 is 16.0 Å². The second-order valence-electron chi connectivity index (χ2n) is 5.39. The van der Waals surface area contributed by atoms with E-state index in [1.165, 1.54) is 0 Å². The molecule has 4 heterocycles. The second kappa shape index (κ2) is 7.83. The Morgan fingerprint density at radius 3 is 0.926 bits per heavy atom. The van der Waals surface area contributed by atoms with Crippen molar-refractivity contribution in [3.63, 3.8) is 0 Å². The average Bonchev–Trinajstić information content (AvgIpc) is 2.70. The predicted octanol–water partition coefficient (Wildman–Crippen LogP) is 3.29. The highest BCUT2D eigenvalue weighted by atomic mass is 15.3. The molecule has 4 rings (SSSR count). The highest BCUT2D eigenvalue weighted by molar-refractivity contribution is 5.61. The Morgan fingerprint density at radius 1 is 0.407 bits per heavy atom. The molecule has 4 aromatic rings. The number of anilines is 6. The van der Waals surface area contributed by atoms with Gasteiger partial charge < -0.3 is 16.0 Å². The molecule has 0 aliphatic carbocycles. The fourth-order valence-electron chi connectivity index (χ4n) is 2.24. The monoisotopic (exact) mass is 357 g/mol. The van der Waals surface area contributed by atoms with E-state index in [9.17, 15) is 0 Å². The largest absolute Gasteiger partial charge is 0.324 e. The topological polar surface area (TPSA) is 113 Å². The van der Waals surface area contributed by atoms with Gasteiger partial charge in [0, 0.05) is 54.2 Å². The Labute approximate surface area is 155 Å². The van der Waals surface area contributed by atoms with Gasteiger partial charge in [0.1, 0.15) is 0 Å². The molecule has 0 bridgehead atoms. The van der Waals surface area contributed by atoms with Crippen molar-refractivity contribution in [2.75, 3.05) is 16.0 Å². The Morgan fingerprint density at radius 2 is 0.667 bits per heavy atom. The molecular formula is C18H15N9. The van der Waals surface area contributed by atoms with Gasteiger partial charge in [0.2, 0.25) is 17.8 Å². The molecule has 0 saturated carbocycles. The first-order valence-corrected chi connectivity index (χ1v) is 8.12. The van der Waals surface area contributed by atoms with Crippen LogP contribution in [0, 0.1) is 0 Å². The zero-order chi connectivity index (χ0) is 18.3. The van der Waals surface area contributed by atoms with Gasteiger partial charge in [-0.05, 0) is 36.4 Å². The maximum atomic E-state index is 4.43. The first-order valence-electron chi connectivity index (χ1n) is 8.12. The zero-order valence-electron chi connectivity index (χ0n) is 14.1. The van der Waals surface area contributed by atoms with Gasteiger partial charge in [0.15, 0.2) is 0 Å². The number of rotatable bonds is 6. The lowest BCUT2D eigenvalue weighted by atomic mass is 10.4. The molecule has 9 heteroatoms. The summed E-state index contributed by atoms with van der Waals surface area (Å²) in [4.78, 5) is 25.3. The molecule has 9 nitrogen and oxygen atoms in total. The lowest BCUT2D eigenvalue weighted by molar-refractivity contribution is 1.06. The Hall–Kier alpha value is -4.14. The third-order valence-electron chi connectivity index (χ3n) is 3.44. The molecule has 0 atom stereocenters. The normalized spacial score (nSPS) is 10.2. The summed E-state index contributed by atoms with van der Waals surface area (Å²) in [6, 6.07) is 11.0. The number of pyridine rings is 3. The highest BCUT2D eigenvalue weighted by Crippen LogP contribution is 2.19. The van der Waals surface area contributed by atoms with Gasteiger partial charge >= 0.3 is 0 Å². The lowest BCUT2D eigenvalue weighted by Gasteiger charge is -2.11. The predicted molar refractivity (Wildman–Crippen MR) is 102 cm³/mol. The van der Waals surface area contributed by atoms with Crippen LogP contribution in [-0.2, 0) is 0 Å². The molecule has 0 aromatic carbocycles. The molecule has 3 N–H and O–H groups in total. The van der Waals surface area contributed by atoms with Gasteiger partial charge in [0.05, 0.1) is 0 Å². The summed E-state index contributed by atoms with van der Waals surface area (Å²) in [6.07, 6.45) is 10.1. The lowest BCUT2D eigenvalue weighted by Crippen LogP contribution is -2.07. The Balaban J connectivity index is 1.64. The number of nitrogens with zero attached hydrogens (tertiary/aromatic N) is 6. The number of nitrogens with one attached hydrogen (secondary N) is 3. The smallest absolute Gasteiger partial charge is 0.233 e. The maximum Gasteiger partial charge on any atom is 0.233 e. The molecule has 0 saturated heterocycles. The van der Waals surface area contributed by atoms with Crippen LogP contribution in [0.25, 0.3) is 0 Å². The Kier molecular flexibility index (Phi) is 4.74. The maximum absolute atomic E-state index is 4.43. The molecule has 0 amide bonds. The van der Waals surface area contributed by atoms with Crippen LogP contribution in [0.1, 0.15) is 0 Å². The van der Waals surface area contributed by atoms with Crippen LogP contribution in [0.2, 0.25) is 0 Å². The van der Waals surface area contributed by atoms with Crippen molar-refractivity contribution in [1.82, 2.24) is 29.9 Å². The summed E-state index contributed by atoms with van der Waals surface area (Å²) >= 11 is 0. The number of hydrogen-bond acceptors (Lipinski definition) is 9. The first kappa shape index (κ1) is 16.3. The van der Waals surface area contributed by atoms with Crippen LogP contribution in [0.5, 0.6) is 0 Å². The summed E-state index contributed by atoms with van der Waals surface area (Å²) in [6.45, 7) is 0. The zero-order valence-corrected chi connectivity index (χ0v) is 14.1. The van der Waals surface area contributed by atoms with Crippen molar-refractivity contribution in [2.45, 2.75) is 0 Å². The number of aromatic nitrogens is 6. The first-order chi connectivity index (χ1) is 13.3. The molecule has 4 aromatic heterocycles. The van der Waals surface area contributed by atoms with Crippen LogP contribution in [-0.4, -0.2) is 29.9 Å². The van der Waals surface area contributed by atoms with Crippen LogP contribution in [0.4, 0.5) is 34.9 Å². The van der Waals surface area contributed by atoms with Crippen LogP contribution >= 0.6 is 0 Å². The van der Waals surface area contributed by atoms with Crippen molar-refractivity contribution in [1.29, 1.82) is 0 Å². The van der Waals surface area contributed by atoms with Gasteiger partial charge in [-0.25, -0.2) is 0 Å². The van der Waals surface area contributed by atoms with Crippen molar-refractivity contribution in [3.05, 3.63) is 73.6 Å². The molecular weight excluding hydrogens is 342 g/mol. The van der Waals surface area contributed by atoms with E-state index in [-0.39, 0.29) is 0 Å². The molecule has 0 aliphatic rings. The van der Waals surface area contributed by atoms with Gasteiger partial charge in [-0.1, -0.05) is 0 Å². The van der Waals surface area contributed by atoms with E-state index in [1.54, 1.807) is 37.2 Å². The highest BCUT2D eigenvalue weighted by Gasteiger charge is 2.08. The molecule has 0 spiro atoms. The van der Waals surface area contributed by atoms with Gasteiger partial charge in [0.25, 0.3) is 0 Å². The second-order valence-corrected chi connectivity index (χ2v) is 5.39. The molecule has 0 radical (unpaired) electrons. The van der Waals surface area contributed by atoms with Gasteiger partial charge in [-0.2, -0.15) is 15.0 Å². The molecule has 27 heavy (non-hydrogen) atoms. The summed E-state index contributed by atoms with van der Waals surface area (Å²) in [5.74, 6) is 1.18. The average molecular weight is 357 g/mol.